The number of amides is 2. The number of rotatable bonds is 6. The number of carbonyl (C=O) groups is 2. The van der Waals surface area contributed by atoms with E-state index in [1.54, 1.807) is 19.1 Å². The van der Waals surface area contributed by atoms with Gasteiger partial charge >= 0.3 is 0 Å². The van der Waals surface area contributed by atoms with Crippen molar-refractivity contribution in [2.75, 3.05) is 0 Å². The van der Waals surface area contributed by atoms with Crippen molar-refractivity contribution < 1.29 is 14.0 Å². The molecule has 0 saturated heterocycles. The van der Waals surface area contributed by atoms with Gasteiger partial charge in [0.25, 0.3) is 0 Å². The second-order valence-corrected chi connectivity index (χ2v) is 5.61. The fraction of sp³-hybridized carbons (Fsp3) is 0.500. The molecule has 21 heavy (non-hydrogen) atoms. The van der Waals surface area contributed by atoms with Crippen molar-refractivity contribution in [2.24, 2.45) is 5.92 Å². The zero-order valence-corrected chi connectivity index (χ0v) is 12.9. The van der Waals surface area contributed by atoms with E-state index < -0.39 is 6.04 Å². The Balaban J connectivity index is 2.67. The SMILES string of the molecule is CC(=O)NC(C)C(=O)NC(Cc1ccc(F)cc1)C(C)C. The minimum atomic E-state index is -0.572. The van der Waals surface area contributed by atoms with Crippen LogP contribution in [-0.2, 0) is 16.0 Å². The highest BCUT2D eigenvalue weighted by atomic mass is 19.1. The number of benzene rings is 1. The normalized spacial score (nSPS) is 13.6. The van der Waals surface area contributed by atoms with Crippen LogP contribution in [0.4, 0.5) is 4.39 Å². The molecule has 0 saturated carbocycles. The van der Waals surface area contributed by atoms with Gasteiger partial charge in [0, 0.05) is 13.0 Å². The summed E-state index contributed by atoms with van der Waals surface area (Å²) in [4.78, 5) is 23.0. The fourth-order valence-corrected chi connectivity index (χ4v) is 2.01. The van der Waals surface area contributed by atoms with Crippen molar-refractivity contribution in [3.63, 3.8) is 0 Å². The quantitative estimate of drug-likeness (QED) is 0.843. The third-order valence-electron chi connectivity index (χ3n) is 3.31. The zero-order chi connectivity index (χ0) is 16.0. The van der Waals surface area contributed by atoms with Gasteiger partial charge in [-0.25, -0.2) is 4.39 Å². The van der Waals surface area contributed by atoms with Crippen LogP contribution in [0, 0.1) is 11.7 Å². The molecule has 2 amide bonds. The topological polar surface area (TPSA) is 58.2 Å². The van der Waals surface area contributed by atoms with Crippen LogP contribution in [0.5, 0.6) is 0 Å². The Morgan fingerprint density at radius 3 is 2.14 bits per heavy atom. The minimum Gasteiger partial charge on any atom is -0.351 e. The predicted octanol–water partition coefficient (Wildman–Crippen LogP) is 2.03. The maximum atomic E-state index is 12.9. The van der Waals surface area contributed by atoms with Gasteiger partial charge in [-0.2, -0.15) is 0 Å². The van der Waals surface area contributed by atoms with Crippen LogP contribution in [0.2, 0.25) is 0 Å². The number of hydrogen-bond donors (Lipinski definition) is 2. The van der Waals surface area contributed by atoms with Crippen molar-refractivity contribution in [2.45, 2.75) is 46.2 Å². The van der Waals surface area contributed by atoms with Gasteiger partial charge in [0.05, 0.1) is 0 Å². The van der Waals surface area contributed by atoms with Crippen LogP contribution >= 0.6 is 0 Å². The number of carbonyl (C=O) groups excluding carboxylic acids is 2. The summed E-state index contributed by atoms with van der Waals surface area (Å²) in [5, 5.41) is 5.49. The lowest BCUT2D eigenvalue weighted by atomic mass is 9.96. The van der Waals surface area contributed by atoms with Gasteiger partial charge in [0.15, 0.2) is 0 Å². The second kappa shape index (κ2) is 7.76. The van der Waals surface area contributed by atoms with Crippen LogP contribution in [-0.4, -0.2) is 23.9 Å². The average Bonchev–Trinajstić information content (AvgIpc) is 2.39. The summed E-state index contributed by atoms with van der Waals surface area (Å²) in [6.07, 6.45) is 0.622. The summed E-state index contributed by atoms with van der Waals surface area (Å²) in [7, 11) is 0. The van der Waals surface area contributed by atoms with E-state index in [4.69, 9.17) is 0 Å². The average molecular weight is 294 g/mol. The Bertz CT molecular complexity index is 486. The first-order valence-electron chi connectivity index (χ1n) is 7.11. The van der Waals surface area contributed by atoms with Gasteiger partial charge in [-0.3, -0.25) is 9.59 Å². The molecule has 0 heterocycles. The first-order chi connectivity index (χ1) is 9.79. The third kappa shape index (κ3) is 5.94. The van der Waals surface area contributed by atoms with Crippen LogP contribution in [0.15, 0.2) is 24.3 Å². The molecule has 4 nitrogen and oxygen atoms in total. The molecular formula is C16H23FN2O2. The fourth-order valence-electron chi connectivity index (χ4n) is 2.01. The molecule has 0 aromatic heterocycles. The van der Waals surface area contributed by atoms with Crippen molar-refractivity contribution in [3.8, 4) is 0 Å². The highest BCUT2D eigenvalue weighted by Crippen LogP contribution is 2.11. The molecule has 116 valence electrons. The molecule has 1 aromatic carbocycles. The first kappa shape index (κ1) is 17.1. The number of hydrogen-bond acceptors (Lipinski definition) is 2. The predicted molar refractivity (Wildman–Crippen MR) is 80.2 cm³/mol. The zero-order valence-electron chi connectivity index (χ0n) is 12.9. The van der Waals surface area contributed by atoms with Gasteiger partial charge in [-0.05, 0) is 37.0 Å². The molecule has 0 aliphatic rings. The molecule has 0 radical (unpaired) electrons. The van der Waals surface area contributed by atoms with Crippen molar-refractivity contribution >= 4 is 11.8 Å². The van der Waals surface area contributed by atoms with E-state index in [0.29, 0.717) is 6.42 Å². The first-order valence-corrected chi connectivity index (χ1v) is 7.11. The Morgan fingerprint density at radius 2 is 1.67 bits per heavy atom. The number of nitrogens with one attached hydrogen (secondary N) is 2. The number of halogens is 1. The molecular weight excluding hydrogens is 271 g/mol. The minimum absolute atomic E-state index is 0.0702. The molecule has 1 aromatic rings. The lowest BCUT2D eigenvalue weighted by molar-refractivity contribution is -0.128. The van der Waals surface area contributed by atoms with Gasteiger partial charge in [-0.1, -0.05) is 26.0 Å². The van der Waals surface area contributed by atoms with Crippen molar-refractivity contribution in [1.82, 2.24) is 10.6 Å². The van der Waals surface area contributed by atoms with Crippen LogP contribution in [0.1, 0.15) is 33.3 Å². The summed E-state index contributed by atoms with van der Waals surface area (Å²) >= 11 is 0. The lowest BCUT2D eigenvalue weighted by Gasteiger charge is -2.24. The van der Waals surface area contributed by atoms with Gasteiger partial charge in [0.2, 0.25) is 11.8 Å². The Kier molecular flexibility index (Phi) is 6.34. The smallest absolute Gasteiger partial charge is 0.242 e. The molecule has 1 rings (SSSR count). The Hall–Kier alpha value is -1.91. The van der Waals surface area contributed by atoms with E-state index in [1.807, 2.05) is 13.8 Å². The van der Waals surface area contributed by atoms with E-state index in [0.717, 1.165) is 5.56 Å². The molecule has 0 spiro atoms. The highest BCUT2D eigenvalue weighted by Gasteiger charge is 2.20. The van der Waals surface area contributed by atoms with E-state index in [1.165, 1.54) is 19.1 Å². The van der Waals surface area contributed by atoms with Gasteiger partial charge in [-0.15, -0.1) is 0 Å². The van der Waals surface area contributed by atoms with Crippen molar-refractivity contribution in [3.05, 3.63) is 35.6 Å². The van der Waals surface area contributed by atoms with E-state index in [-0.39, 0.29) is 29.6 Å². The maximum absolute atomic E-state index is 12.9. The van der Waals surface area contributed by atoms with Crippen molar-refractivity contribution in [1.29, 1.82) is 0 Å². The summed E-state index contributed by atoms with van der Waals surface area (Å²) in [5.41, 5.74) is 0.961. The van der Waals surface area contributed by atoms with Gasteiger partial charge in [0.1, 0.15) is 11.9 Å². The van der Waals surface area contributed by atoms with Crippen LogP contribution < -0.4 is 10.6 Å². The molecule has 0 aliphatic heterocycles. The molecule has 0 aliphatic carbocycles. The standard InChI is InChI=1S/C16H23FN2O2/c1-10(2)15(9-13-5-7-14(17)8-6-13)19-16(21)11(3)18-12(4)20/h5-8,10-11,15H,9H2,1-4H3,(H,18,20)(H,19,21). The molecule has 0 bridgehead atoms. The lowest BCUT2D eigenvalue weighted by Crippen LogP contribution is -2.49. The Morgan fingerprint density at radius 1 is 1.10 bits per heavy atom. The third-order valence-corrected chi connectivity index (χ3v) is 3.31. The Labute approximate surface area is 125 Å². The van der Waals surface area contributed by atoms with Crippen LogP contribution in [0.25, 0.3) is 0 Å². The molecule has 5 heteroatoms. The maximum Gasteiger partial charge on any atom is 0.242 e. The molecule has 2 atom stereocenters. The highest BCUT2D eigenvalue weighted by molar-refractivity contribution is 5.86. The summed E-state index contributed by atoms with van der Waals surface area (Å²) in [6.45, 7) is 7.04. The van der Waals surface area contributed by atoms with E-state index >= 15 is 0 Å². The summed E-state index contributed by atoms with van der Waals surface area (Å²) in [6, 6.07) is 5.61. The molecule has 0 fully saturated rings. The summed E-state index contributed by atoms with van der Waals surface area (Å²) < 4.78 is 12.9. The monoisotopic (exact) mass is 294 g/mol. The molecule has 2 unspecified atom stereocenters. The largest absolute Gasteiger partial charge is 0.351 e. The van der Waals surface area contributed by atoms with Crippen LogP contribution in [0.3, 0.4) is 0 Å². The van der Waals surface area contributed by atoms with Gasteiger partial charge < -0.3 is 10.6 Å². The second-order valence-electron chi connectivity index (χ2n) is 5.61. The summed E-state index contributed by atoms with van der Waals surface area (Å²) in [5.74, 6) is -0.505. The van der Waals surface area contributed by atoms with E-state index in [2.05, 4.69) is 10.6 Å². The van der Waals surface area contributed by atoms with E-state index in [9.17, 15) is 14.0 Å². The molecule has 2 N–H and O–H groups in total.